The second-order valence-corrected chi connectivity index (χ2v) is 7.53. The van der Waals surface area contributed by atoms with E-state index in [1.165, 1.54) is 0 Å². The highest BCUT2D eigenvalue weighted by Crippen LogP contribution is 2.24. The molecule has 6 heteroatoms. The Hall–Kier alpha value is -1.69. The highest BCUT2D eigenvalue weighted by Gasteiger charge is 2.28. The number of imidazole rings is 1. The lowest BCUT2D eigenvalue weighted by atomic mass is 10.2. The van der Waals surface area contributed by atoms with Crippen LogP contribution in [0.5, 0.6) is 0 Å². The first-order valence-electron chi connectivity index (χ1n) is 8.25. The molecule has 0 radical (unpaired) electrons. The minimum atomic E-state index is 0.0641. The number of carbonyl (C=O) groups excluding carboxylic acids is 1. The molecule has 0 aliphatic carbocycles. The summed E-state index contributed by atoms with van der Waals surface area (Å²) in [6.07, 6.45) is 1.73. The Morgan fingerprint density at radius 2 is 2.26 bits per heavy atom. The normalized spacial score (nSPS) is 21.6. The van der Waals surface area contributed by atoms with E-state index in [1.54, 1.807) is 0 Å². The molecule has 0 saturated carbocycles. The van der Waals surface area contributed by atoms with Gasteiger partial charge in [-0.05, 0) is 25.5 Å². The number of hydrogen-bond acceptors (Lipinski definition) is 3. The van der Waals surface area contributed by atoms with Gasteiger partial charge < -0.3 is 15.2 Å². The van der Waals surface area contributed by atoms with Gasteiger partial charge in [0.15, 0.2) is 0 Å². The molecular weight excluding hydrogens is 308 g/mol. The zero-order valence-electron chi connectivity index (χ0n) is 13.7. The second kappa shape index (κ2) is 7.25. The van der Waals surface area contributed by atoms with Crippen molar-refractivity contribution < 1.29 is 4.79 Å². The summed E-state index contributed by atoms with van der Waals surface area (Å²) in [6.45, 7) is 5.84. The first-order chi connectivity index (χ1) is 11.1. The van der Waals surface area contributed by atoms with Gasteiger partial charge in [-0.1, -0.05) is 19.1 Å². The van der Waals surface area contributed by atoms with Gasteiger partial charge in [-0.3, -0.25) is 0 Å². The summed E-state index contributed by atoms with van der Waals surface area (Å²) < 4.78 is 0. The molecule has 0 bridgehead atoms. The number of benzene rings is 1. The average Bonchev–Trinajstić information content (AvgIpc) is 2.96. The molecule has 124 valence electrons. The van der Waals surface area contributed by atoms with Gasteiger partial charge in [0.2, 0.25) is 0 Å². The molecule has 2 heterocycles. The molecule has 5 nitrogen and oxygen atoms in total. The summed E-state index contributed by atoms with van der Waals surface area (Å²) in [6, 6.07) is 8.40. The number of urea groups is 1. The number of aromatic amines is 1. The molecule has 2 N–H and O–H groups in total. The molecule has 0 unspecified atom stereocenters. The van der Waals surface area contributed by atoms with Gasteiger partial charge >= 0.3 is 6.03 Å². The van der Waals surface area contributed by atoms with Gasteiger partial charge in [0.1, 0.15) is 5.82 Å². The predicted molar refractivity (Wildman–Crippen MR) is 95.9 cm³/mol. The van der Waals surface area contributed by atoms with Crippen LogP contribution < -0.4 is 5.32 Å². The van der Waals surface area contributed by atoms with E-state index < -0.39 is 0 Å². The fourth-order valence-corrected chi connectivity index (χ4v) is 4.00. The molecule has 1 aliphatic heterocycles. The van der Waals surface area contributed by atoms with Crippen molar-refractivity contribution in [1.82, 2.24) is 20.2 Å². The van der Waals surface area contributed by atoms with Crippen LogP contribution in [0.3, 0.4) is 0 Å². The zero-order chi connectivity index (χ0) is 16.2. The minimum absolute atomic E-state index is 0.0641. The van der Waals surface area contributed by atoms with E-state index in [1.807, 2.05) is 40.9 Å². The Kier molecular flexibility index (Phi) is 5.10. The van der Waals surface area contributed by atoms with Crippen LogP contribution in [-0.4, -0.2) is 51.0 Å². The first-order valence-corrected chi connectivity index (χ1v) is 9.29. The molecule has 1 aromatic carbocycles. The monoisotopic (exact) mass is 332 g/mol. The van der Waals surface area contributed by atoms with E-state index in [2.05, 4.69) is 29.1 Å². The Balaban J connectivity index is 1.45. The van der Waals surface area contributed by atoms with Crippen LogP contribution in [0.15, 0.2) is 24.3 Å². The number of thioether (sulfide) groups is 1. The number of amides is 2. The second-order valence-electron chi connectivity index (χ2n) is 6.05. The van der Waals surface area contributed by atoms with Crippen molar-refractivity contribution in [2.45, 2.75) is 38.0 Å². The van der Waals surface area contributed by atoms with E-state index in [9.17, 15) is 4.79 Å². The number of aryl methyl sites for hydroxylation is 1. The fourth-order valence-electron chi connectivity index (χ4n) is 2.90. The van der Waals surface area contributed by atoms with Crippen molar-refractivity contribution in [3.8, 4) is 0 Å². The number of H-pyrrole nitrogens is 1. The van der Waals surface area contributed by atoms with E-state index in [0.717, 1.165) is 42.0 Å². The molecule has 0 spiro atoms. The van der Waals surface area contributed by atoms with Gasteiger partial charge in [-0.2, -0.15) is 11.8 Å². The van der Waals surface area contributed by atoms with Crippen molar-refractivity contribution in [1.29, 1.82) is 0 Å². The Morgan fingerprint density at radius 3 is 3.09 bits per heavy atom. The third-order valence-corrected chi connectivity index (χ3v) is 5.79. The van der Waals surface area contributed by atoms with Crippen LogP contribution >= 0.6 is 11.8 Å². The average molecular weight is 332 g/mol. The molecule has 1 aromatic heterocycles. The van der Waals surface area contributed by atoms with Crippen molar-refractivity contribution in [3.63, 3.8) is 0 Å². The van der Waals surface area contributed by atoms with Crippen LogP contribution in [0, 0.1) is 0 Å². The molecular formula is C17H24N4OS. The maximum atomic E-state index is 12.3. The number of carbonyl (C=O) groups is 1. The topological polar surface area (TPSA) is 61.0 Å². The van der Waals surface area contributed by atoms with Gasteiger partial charge in [-0.15, -0.1) is 0 Å². The minimum Gasteiger partial charge on any atom is -0.342 e. The molecule has 1 saturated heterocycles. The number of para-hydroxylation sites is 2. The van der Waals surface area contributed by atoms with Gasteiger partial charge in [-0.25, -0.2) is 9.78 Å². The summed E-state index contributed by atoms with van der Waals surface area (Å²) in [5, 5.41) is 3.55. The lowest BCUT2D eigenvalue weighted by molar-refractivity contribution is 0.180. The number of nitrogens with zero attached hydrogens (tertiary/aromatic N) is 2. The Labute approximate surface area is 141 Å². The SMILES string of the molecule is C[C@@H]1SCCN(C(=O)NCCCc2nc3ccccc3[nH]2)[C@H]1C. The molecule has 1 fully saturated rings. The number of rotatable bonds is 4. The van der Waals surface area contributed by atoms with Crippen molar-refractivity contribution in [2.24, 2.45) is 0 Å². The van der Waals surface area contributed by atoms with Crippen LogP contribution in [0.25, 0.3) is 11.0 Å². The molecule has 3 rings (SSSR count). The van der Waals surface area contributed by atoms with E-state index >= 15 is 0 Å². The molecule has 2 amide bonds. The lowest BCUT2D eigenvalue weighted by Crippen LogP contribution is -2.52. The summed E-state index contributed by atoms with van der Waals surface area (Å²) in [5.41, 5.74) is 2.07. The Morgan fingerprint density at radius 1 is 1.43 bits per heavy atom. The maximum Gasteiger partial charge on any atom is 0.317 e. The maximum absolute atomic E-state index is 12.3. The zero-order valence-corrected chi connectivity index (χ0v) is 14.5. The predicted octanol–water partition coefficient (Wildman–Crippen LogP) is 3.03. The fraction of sp³-hybridized carbons (Fsp3) is 0.529. The molecule has 2 aromatic rings. The van der Waals surface area contributed by atoms with E-state index in [0.29, 0.717) is 17.8 Å². The van der Waals surface area contributed by atoms with Gasteiger partial charge in [0.05, 0.1) is 11.0 Å². The smallest absolute Gasteiger partial charge is 0.317 e. The first kappa shape index (κ1) is 16.2. The number of fused-ring (bicyclic) bond motifs is 1. The molecule has 23 heavy (non-hydrogen) atoms. The van der Waals surface area contributed by atoms with Crippen LogP contribution in [0.4, 0.5) is 4.79 Å². The van der Waals surface area contributed by atoms with E-state index in [-0.39, 0.29) is 6.03 Å². The van der Waals surface area contributed by atoms with Crippen LogP contribution in [0.1, 0.15) is 26.1 Å². The molecule has 2 atom stereocenters. The Bertz CT molecular complexity index is 638. The van der Waals surface area contributed by atoms with Gasteiger partial charge in [0.25, 0.3) is 0 Å². The summed E-state index contributed by atoms with van der Waals surface area (Å²) in [5.74, 6) is 2.01. The highest BCUT2D eigenvalue weighted by atomic mass is 32.2. The van der Waals surface area contributed by atoms with Crippen LogP contribution in [0.2, 0.25) is 0 Å². The summed E-state index contributed by atoms with van der Waals surface area (Å²) in [4.78, 5) is 22.1. The van der Waals surface area contributed by atoms with Crippen molar-refractivity contribution >= 4 is 28.8 Å². The summed E-state index contributed by atoms with van der Waals surface area (Å²) in [7, 11) is 0. The number of nitrogens with one attached hydrogen (secondary N) is 2. The van der Waals surface area contributed by atoms with E-state index in [4.69, 9.17) is 0 Å². The number of aromatic nitrogens is 2. The summed E-state index contributed by atoms with van der Waals surface area (Å²) >= 11 is 1.94. The van der Waals surface area contributed by atoms with Crippen molar-refractivity contribution in [3.05, 3.63) is 30.1 Å². The number of hydrogen-bond donors (Lipinski definition) is 2. The third kappa shape index (κ3) is 3.80. The third-order valence-electron chi connectivity index (χ3n) is 4.45. The van der Waals surface area contributed by atoms with Gasteiger partial charge in [0, 0.05) is 36.6 Å². The largest absolute Gasteiger partial charge is 0.342 e. The molecule has 1 aliphatic rings. The lowest BCUT2D eigenvalue weighted by Gasteiger charge is -2.37. The van der Waals surface area contributed by atoms with Crippen LogP contribution in [-0.2, 0) is 6.42 Å². The highest BCUT2D eigenvalue weighted by molar-refractivity contribution is 8.00. The van der Waals surface area contributed by atoms with Crippen molar-refractivity contribution in [2.75, 3.05) is 18.8 Å². The quantitative estimate of drug-likeness (QED) is 0.846. The standard InChI is InChI=1S/C17H24N4OS/c1-12-13(2)23-11-10-21(12)17(22)18-9-5-8-16-19-14-6-3-4-7-15(14)20-16/h3-4,6-7,12-13H,5,8-11H2,1-2H3,(H,18,22)(H,19,20)/t12-,13-/m0/s1.